The maximum absolute atomic E-state index is 13.9. The average molecular weight is 552 g/mol. The summed E-state index contributed by atoms with van der Waals surface area (Å²) in [5.41, 5.74) is 0.322. The lowest BCUT2D eigenvalue weighted by molar-refractivity contribution is -0.140. The number of rotatable bonds is 5. The van der Waals surface area contributed by atoms with Crippen LogP contribution >= 0.6 is 11.6 Å². The van der Waals surface area contributed by atoms with E-state index in [2.05, 4.69) is 5.32 Å². The van der Waals surface area contributed by atoms with E-state index in [0.29, 0.717) is 23.3 Å². The predicted molar refractivity (Wildman–Crippen MR) is 128 cm³/mol. The zero-order chi connectivity index (χ0) is 27.0. The Hall–Kier alpha value is -3.46. The number of carbonyl (C=O) groups is 1. The Morgan fingerprint density at radius 1 is 1.14 bits per heavy atom. The van der Waals surface area contributed by atoms with E-state index in [4.69, 9.17) is 16.9 Å². The smallest absolute Gasteiger partial charge is 0.324 e. The number of alkyl halides is 3. The lowest BCUT2D eigenvalue weighted by Crippen LogP contribution is -2.36. The molecule has 0 unspecified atom stereocenters. The van der Waals surface area contributed by atoms with Crippen LogP contribution in [0.1, 0.15) is 27.8 Å². The summed E-state index contributed by atoms with van der Waals surface area (Å²) in [5, 5.41) is 11.9. The first-order valence-electron chi connectivity index (χ1n) is 10.9. The van der Waals surface area contributed by atoms with E-state index < -0.39 is 39.9 Å². The Balaban J connectivity index is 1.53. The Morgan fingerprint density at radius 3 is 2.57 bits per heavy atom. The molecule has 0 aromatic heterocycles. The van der Waals surface area contributed by atoms with Gasteiger partial charge in [0.25, 0.3) is 0 Å². The summed E-state index contributed by atoms with van der Waals surface area (Å²) < 4.78 is 79.7. The molecule has 6 nitrogen and oxygen atoms in total. The van der Waals surface area contributed by atoms with Crippen molar-refractivity contribution in [3.63, 3.8) is 0 Å². The molecule has 0 aliphatic carbocycles. The number of sulfonamides is 1. The minimum Gasteiger partial charge on any atom is -0.324 e. The Bertz CT molecular complexity index is 1540. The zero-order valence-corrected chi connectivity index (χ0v) is 20.5. The van der Waals surface area contributed by atoms with Crippen LogP contribution in [0, 0.1) is 17.1 Å². The summed E-state index contributed by atoms with van der Waals surface area (Å²) in [5.74, 6) is -2.10. The predicted octanol–water partition coefficient (Wildman–Crippen LogP) is 5.30. The van der Waals surface area contributed by atoms with Gasteiger partial charge in [0.2, 0.25) is 15.9 Å². The summed E-state index contributed by atoms with van der Waals surface area (Å²) in [6.45, 7) is 0.0814. The molecule has 192 valence electrons. The molecule has 3 aromatic rings. The zero-order valence-electron chi connectivity index (χ0n) is 18.9. The first-order valence-corrected chi connectivity index (χ1v) is 12.7. The summed E-state index contributed by atoms with van der Waals surface area (Å²) in [4.78, 5) is 12.6. The third-order valence-corrected chi connectivity index (χ3v) is 8.04. The number of halogens is 5. The molecule has 4 rings (SSSR count). The number of anilines is 1. The number of nitriles is 1. The van der Waals surface area contributed by atoms with Crippen molar-refractivity contribution in [2.24, 2.45) is 0 Å². The second-order valence-electron chi connectivity index (χ2n) is 8.33. The van der Waals surface area contributed by atoms with Gasteiger partial charge in [-0.05, 0) is 59.5 Å². The fourth-order valence-electron chi connectivity index (χ4n) is 4.08. The van der Waals surface area contributed by atoms with Gasteiger partial charge in [0.05, 0.1) is 39.2 Å². The fourth-order valence-corrected chi connectivity index (χ4v) is 5.77. The molecular formula is C25H18ClF4N3O3S. The number of benzene rings is 3. The third-order valence-electron chi connectivity index (χ3n) is 5.89. The maximum atomic E-state index is 13.9. The lowest BCUT2D eigenvalue weighted by atomic mass is 9.98. The Labute approximate surface area is 215 Å². The number of hydrogen-bond donors (Lipinski definition) is 1. The van der Waals surface area contributed by atoms with Crippen LogP contribution in [0.25, 0.3) is 0 Å². The van der Waals surface area contributed by atoms with Gasteiger partial charge in [-0.2, -0.15) is 22.7 Å². The van der Waals surface area contributed by atoms with Gasteiger partial charge in [-0.1, -0.05) is 29.8 Å². The summed E-state index contributed by atoms with van der Waals surface area (Å²) in [6, 6.07) is 13.0. The SMILES string of the molecule is N#Cc1cccc(S(=O)(=O)N2CCc3c(ccc(Cl)c3NC(=O)Cc3ccc(C(F)(F)F)c(F)c3)C2)c1. The second-order valence-corrected chi connectivity index (χ2v) is 10.7. The molecule has 1 heterocycles. The van der Waals surface area contributed by atoms with Gasteiger partial charge in [0.15, 0.2) is 0 Å². The fraction of sp³-hybridized carbons (Fsp3) is 0.200. The molecule has 1 N–H and O–H groups in total. The lowest BCUT2D eigenvalue weighted by Gasteiger charge is -2.30. The molecule has 0 atom stereocenters. The summed E-state index contributed by atoms with van der Waals surface area (Å²) in [7, 11) is -3.90. The van der Waals surface area contributed by atoms with Gasteiger partial charge in [0, 0.05) is 13.1 Å². The van der Waals surface area contributed by atoms with Gasteiger partial charge in [-0.25, -0.2) is 12.8 Å². The van der Waals surface area contributed by atoms with Crippen LogP contribution < -0.4 is 5.32 Å². The minimum absolute atomic E-state index is 0.00139. The molecule has 0 saturated heterocycles. The average Bonchev–Trinajstić information content (AvgIpc) is 2.84. The topological polar surface area (TPSA) is 90.3 Å². The normalized spacial score (nSPS) is 14.1. The maximum Gasteiger partial charge on any atom is 0.419 e. The highest BCUT2D eigenvalue weighted by Crippen LogP contribution is 2.35. The Kier molecular flexibility index (Phi) is 7.28. The van der Waals surface area contributed by atoms with Gasteiger partial charge in [-0.3, -0.25) is 4.79 Å². The van der Waals surface area contributed by atoms with Gasteiger partial charge >= 0.3 is 6.18 Å². The first-order chi connectivity index (χ1) is 17.4. The van der Waals surface area contributed by atoms with Gasteiger partial charge < -0.3 is 5.32 Å². The van der Waals surface area contributed by atoms with Crippen LogP contribution in [0.15, 0.2) is 59.5 Å². The van der Waals surface area contributed by atoms with Gasteiger partial charge in [0.1, 0.15) is 5.82 Å². The summed E-state index contributed by atoms with van der Waals surface area (Å²) in [6.07, 6.45) is -5.02. The highest BCUT2D eigenvalue weighted by molar-refractivity contribution is 7.89. The molecule has 0 spiro atoms. The number of nitrogens with one attached hydrogen (secondary N) is 1. The summed E-state index contributed by atoms with van der Waals surface area (Å²) >= 11 is 6.30. The number of hydrogen-bond acceptors (Lipinski definition) is 4. The highest BCUT2D eigenvalue weighted by Gasteiger charge is 2.34. The number of fused-ring (bicyclic) bond motifs is 1. The molecule has 0 radical (unpaired) electrons. The van der Waals surface area contributed by atoms with Crippen molar-refractivity contribution >= 4 is 33.2 Å². The Morgan fingerprint density at radius 2 is 1.89 bits per heavy atom. The monoisotopic (exact) mass is 551 g/mol. The van der Waals surface area contributed by atoms with Crippen LogP contribution in [0.4, 0.5) is 23.2 Å². The number of nitrogens with zero attached hydrogens (tertiary/aromatic N) is 2. The molecule has 0 bridgehead atoms. The minimum atomic E-state index is -4.85. The molecular weight excluding hydrogens is 534 g/mol. The van der Waals surface area contributed by atoms with Crippen LogP contribution in [0.3, 0.4) is 0 Å². The van der Waals surface area contributed by atoms with E-state index in [1.54, 1.807) is 6.07 Å². The van der Waals surface area contributed by atoms with Crippen LogP contribution in [-0.2, 0) is 40.4 Å². The molecule has 0 saturated carbocycles. The van der Waals surface area contributed by atoms with E-state index in [-0.39, 0.29) is 46.2 Å². The van der Waals surface area contributed by atoms with Crippen molar-refractivity contribution in [1.29, 1.82) is 5.26 Å². The van der Waals surface area contributed by atoms with Crippen molar-refractivity contribution in [3.05, 3.63) is 93.3 Å². The number of amides is 1. The van der Waals surface area contributed by atoms with Gasteiger partial charge in [-0.15, -0.1) is 0 Å². The van der Waals surface area contributed by atoms with E-state index in [0.717, 1.165) is 6.07 Å². The van der Waals surface area contributed by atoms with E-state index in [1.807, 2.05) is 6.07 Å². The first kappa shape index (κ1) is 26.6. The second kappa shape index (κ2) is 10.1. The molecule has 1 amide bonds. The highest BCUT2D eigenvalue weighted by atomic mass is 35.5. The molecule has 37 heavy (non-hydrogen) atoms. The van der Waals surface area contributed by atoms with Crippen molar-refractivity contribution < 1.29 is 30.8 Å². The molecule has 1 aliphatic rings. The molecule has 3 aromatic carbocycles. The standard InChI is InChI=1S/C25H18ClF4N3O3S/c26-21-7-5-17-14-33(37(35,36)18-3-1-2-16(10-18)13-31)9-8-19(17)24(21)32-23(34)12-15-4-6-20(22(27)11-15)25(28,29)30/h1-7,10-11H,8-9,12,14H2,(H,32,34). The number of carbonyl (C=O) groups excluding carboxylic acids is 1. The van der Waals surface area contributed by atoms with Crippen LogP contribution in [0.2, 0.25) is 5.02 Å². The van der Waals surface area contributed by atoms with E-state index >= 15 is 0 Å². The largest absolute Gasteiger partial charge is 0.419 e. The molecule has 0 fully saturated rings. The quantitative estimate of drug-likeness (QED) is 0.436. The molecule has 1 aliphatic heterocycles. The van der Waals surface area contributed by atoms with Crippen molar-refractivity contribution in [2.75, 3.05) is 11.9 Å². The molecule has 12 heteroatoms. The van der Waals surface area contributed by atoms with E-state index in [9.17, 15) is 30.8 Å². The third kappa shape index (κ3) is 5.61. The van der Waals surface area contributed by atoms with Crippen LogP contribution in [0.5, 0.6) is 0 Å². The van der Waals surface area contributed by atoms with Crippen molar-refractivity contribution in [3.8, 4) is 6.07 Å². The van der Waals surface area contributed by atoms with Crippen molar-refractivity contribution in [1.82, 2.24) is 4.31 Å². The van der Waals surface area contributed by atoms with E-state index in [1.165, 1.54) is 34.6 Å². The van der Waals surface area contributed by atoms with Crippen molar-refractivity contribution in [2.45, 2.75) is 30.5 Å². The van der Waals surface area contributed by atoms with Crippen LogP contribution in [-0.4, -0.2) is 25.2 Å².